The van der Waals surface area contributed by atoms with Crippen molar-refractivity contribution < 1.29 is 9.53 Å². The van der Waals surface area contributed by atoms with Crippen molar-refractivity contribution in [3.8, 4) is 0 Å². The second-order valence-corrected chi connectivity index (χ2v) is 6.82. The molecule has 0 saturated heterocycles. The van der Waals surface area contributed by atoms with E-state index >= 15 is 0 Å². The lowest BCUT2D eigenvalue weighted by molar-refractivity contribution is -0.150. The molecular formula is C16H30N2O2. The summed E-state index contributed by atoms with van der Waals surface area (Å²) in [5.74, 6) is 1.20. The molecule has 0 aromatic heterocycles. The highest BCUT2D eigenvalue weighted by molar-refractivity contribution is 5.82. The lowest BCUT2D eigenvalue weighted by Gasteiger charge is -2.40. The van der Waals surface area contributed by atoms with Crippen LogP contribution in [0.5, 0.6) is 0 Å². The molecule has 1 N–H and O–H groups in total. The van der Waals surface area contributed by atoms with Crippen LogP contribution in [-0.4, -0.2) is 50.2 Å². The first-order valence-electron chi connectivity index (χ1n) is 8.01. The molecule has 0 radical (unpaired) electrons. The van der Waals surface area contributed by atoms with Gasteiger partial charge in [0.25, 0.3) is 0 Å². The van der Waals surface area contributed by atoms with Crippen molar-refractivity contribution in [1.82, 2.24) is 10.2 Å². The molecule has 2 aliphatic rings. The van der Waals surface area contributed by atoms with Crippen molar-refractivity contribution in [3.63, 3.8) is 0 Å². The van der Waals surface area contributed by atoms with Gasteiger partial charge in [0, 0.05) is 12.6 Å². The molecule has 0 aromatic rings. The number of nitrogens with one attached hydrogen (secondary N) is 1. The fraction of sp³-hybridized carbons (Fsp3) is 0.938. The van der Waals surface area contributed by atoms with E-state index < -0.39 is 5.54 Å². The number of rotatable bonds is 6. The van der Waals surface area contributed by atoms with Crippen LogP contribution in [0, 0.1) is 11.8 Å². The van der Waals surface area contributed by atoms with Crippen LogP contribution in [0.25, 0.3) is 0 Å². The number of nitrogens with zero attached hydrogens (tertiary/aromatic N) is 1. The summed E-state index contributed by atoms with van der Waals surface area (Å²) < 4.78 is 5.09. The van der Waals surface area contributed by atoms with Crippen LogP contribution in [0.2, 0.25) is 0 Å². The van der Waals surface area contributed by atoms with Gasteiger partial charge in [-0.2, -0.15) is 0 Å². The highest BCUT2D eigenvalue weighted by atomic mass is 16.5. The summed E-state index contributed by atoms with van der Waals surface area (Å²) in [7, 11) is 5.56. The SMILES string of the molecule is CNC(CN(C)C1CCC(C)CC1)(C(=O)OC)C1CC1. The van der Waals surface area contributed by atoms with Crippen molar-refractivity contribution in [2.24, 2.45) is 11.8 Å². The predicted molar refractivity (Wildman–Crippen MR) is 80.6 cm³/mol. The molecule has 0 amide bonds. The third-order valence-electron chi connectivity index (χ3n) is 5.38. The van der Waals surface area contributed by atoms with Crippen molar-refractivity contribution in [3.05, 3.63) is 0 Å². The number of hydrogen-bond donors (Lipinski definition) is 1. The Morgan fingerprint density at radius 2 is 1.85 bits per heavy atom. The number of hydrogen-bond acceptors (Lipinski definition) is 4. The summed E-state index contributed by atoms with van der Waals surface area (Å²) in [6.45, 7) is 3.10. The van der Waals surface area contributed by atoms with E-state index in [0.717, 1.165) is 25.3 Å². The molecule has 0 spiro atoms. The zero-order valence-electron chi connectivity index (χ0n) is 13.4. The van der Waals surface area contributed by atoms with E-state index in [4.69, 9.17) is 4.74 Å². The first-order chi connectivity index (χ1) is 9.53. The van der Waals surface area contributed by atoms with Crippen LogP contribution in [-0.2, 0) is 9.53 Å². The molecule has 4 nitrogen and oxygen atoms in total. The fourth-order valence-corrected chi connectivity index (χ4v) is 3.71. The number of carbonyl (C=O) groups is 1. The highest BCUT2D eigenvalue weighted by Crippen LogP contribution is 2.41. The van der Waals surface area contributed by atoms with Gasteiger partial charge in [0.15, 0.2) is 0 Å². The Morgan fingerprint density at radius 1 is 1.25 bits per heavy atom. The monoisotopic (exact) mass is 282 g/mol. The van der Waals surface area contributed by atoms with E-state index in [0.29, 0.717) is 12.0 Å². The maximum Gasteiger partial charge on any atom is 0.327 e. The van der Waals surface area contributed by atoms with Gasteiger partial charge in [-0.25, -0.2) is 4.79 Å². The van der Waals surface area contributed by atoms with Crippen LogP contribution in [0.3, 0.4) is 0 Å². The Hall–Kier alpha value is -0.610. The number of esters is 1. The van der Waals surface area contributed by atoms with Gasteiger partial charge in [0.1, 0.15) is 5.54 Å². The summed E-state index contributed by atoms with van der Waals surface area (Å²) in [6.07, 6.45) is 7.38. The Kier molecular flexibility index (Phi) is 5.08. The molecular weight excluding hydrogens is 252 g/mol. The van der Waals surface area contributed by atoms with E-state index in [2.05, 4.69) is 24.2 Å². The molecule has 2 saturated carbocycles. The minimum Gasteiger partial charge on any atom is -0.468 e. The number of ether oxygens (including phenoxy) is 1. The van der Waals surface area contributed by atoms with E-state index in [-0.39, 0.29) is 5.97 Å². The van der Waals surface area contributed by atoms with E-state index in [9.17, 15) is 4.79 Å². The van der Waals surface area contributed by atoms with Gasteiger partial charge >= 0.3 is 5.97 Å². The first-order valence-corrected chi connectivity index (χ1v) is 8.01. The lowest BCUT2D eigenvalue weighted by atomic mass is 9.85. The molecule has 1 unspecified atom stereocenters. The summed E-state index contributed by atoms with van der Waals surface area (Å²) in [4.78, 5) is 14.7. The number of likely N-dealkylation sites (N-methyl/N-ethyl adjacent to an activating group) is 2. The van der Waals surface area contributed by atoms with Gasteiger partial charge < -0.3 is 15.0 Å². The molecule has 2 aliphatic carbocycles. The van der Waals surface area contributed by atoms with Gasteiger partial charge in [0.2, 0.25) is 0 Å². The predicted octanol–water partition coefficient (Wildman–Crippen LogP) is 2.04. The average Bonchev–Trinajstić information content (AvgIpc) is 3.29. The van der Waals surface area contributed by atoms with Crippen LogP contribution >= 0.6 is 0 Å². The maximum atomic E-state index is 12.3. The quantitative estimate of drug-likeness (QED) is 0.757. The van der Waals surface area contributed by atoms with Crippen LogP contribution in [0.1, 0.15) is 45.4 Å². The maximum absolute atomic E-state index is 12.3. The summed E-state index contributed by atoms with van der Waals surface area (Å²) in [5.41, 5.74) is -0.507. The van der Waals surface area contributed by atoms with Gasteiger partial charge in [-0.3, -0.25) is 0 Å². The van der Waals surface area contributed by atoms with E-state index in [1.165, 1.54) is 32.8 Å². The highest BCUT2D eigenvalue weighted by Gasteiger charge is 2.51. The minimum absolute atomic E-state index is 0.0986. The normalized spacial score (nSPS) is 30.1. The molecule has 1 atom stereocenters. The minimum atomic E-state index is -0.507. The van der Waals surface area contributed by atoms with E-state index in [1.807, 2.05) is 7.05 Å². The zero-order chi connectivity index (χ0) is 14.8. The first kappa shape index (κ1) is 15.8. The molecule has 0 bridgehead atoms. The number of carbonyl (C=O) groups excluding carboxylic acids is 1. The molecule has 0 aromatic carbocycles. The molecule has 4 heteroatoms. The smallest absolute Gasteiger partial charge is 0.327 e. The summed E-state index contributed by atoms with van der Waals surface area (Å²) in [5, 5.41) is 3.29. The molecule has 116 valence electrons. The largest absolute Gasteiger partial charge is 0.468 e. The molecule has 0 aliphatic heterocycles. The Morgan fingerprint density at radius 3 is 2.30 bits per heavy atom. The third-order valence-corrected chi connectivity index (χ3v) is 5.38. The van der Waals surface area contributed by atoms with Gasteiger partial charge in [-0.15, -0.1) is 0 Å². The van der Waals surface area contributed by atoms with Crippen LogP contribution < -0.4 is 5.32 Å². The van der Waals surface area contributed by atoms with Gasteiger partial charge in [0.05, 0.1) is 7.11 Å². The Balaban J connectivity index is 2.02. The molecule has 2 rings (SSSR count). The average molecular weight is 282 g/mol. The second-order valence-electron chi connectivity index (χ2n) is 6.82. The van der Waals surface area contributed by atoms with Crippen LogP contribution in [0.4, 0.5) is 0 Å². The number of methoxy groups -OCH3 is 1. The fourth-order valence-electron chi connectivity index (χ4n) is 3.71. The summed E-state index contributed by atoms with van der Waals surface area (Å²) >= 11 is 0. The van der Waals surface area contributed by atoms with E-state index in [1.54, 1.807) is 0 Å². The second kappa shape index (κ2) is 6.44. The van der Waals surface area contributed by atoms with Gasteiger partial charge in [-0.05, 0) is 64.5 Å². The lowest BCUT2D eigenvalue weighted by Crippen LogP contribution is -2.60. The van der Waals surface area contributed by atoms with Crippen molar-refractivity contribution in [2.75, 3.05) is 27.7 Å². The standard InChI is InChI=1S/C16H30N2O2/c1-12-5-9-14(10-6-12)18(3)11-16(17-2,13-7-8-13)15(19)20-4/h12-14,17H,5-11H2,1-4H3. The summed E-state index contributed by atoms with van der Waals surface area (Å²) in [6, 6.07) is 0.613. The zero-order valence-corrected chi connectivity index (χ0v) is 13.4. The van der Waals surface area contributed by atoms with Crippen molar-refractivity contribution in [2.45, 2.75) is 57.0 Å². The van der Waals surface area contributed by atoms with Gasteiger partial charge in [-0.1, -0.05) is 6.92 Å². The molecule has 20 heavy (non-hydrogen) atoms. The topological polar surface area (TPSA) is 41.6 Å². The molecule has 0 heterocycles. The van der Waals surface area contributed by atoms with Crippen LogP contribution in [0.15, 0.2) is 0 Å². The Labute approximate surface area is 123 Å². The van der Waals surface area contributed by atoms with Crippen molar-refractivity contribution in [1.29, 1.82) is 0 Å². The Bertz CT molecular complexity index is 335. The molecule has 2 fully saturated rings. The van der Waals surface area contributed by atoms with Crippen molar-refractivity contribution >= 4 is 5.97 Å². The third kappa shape index (κ3) is 3.17.